The molecule has 2 aromatic rings. The quantitative estimate of drug-likeness (QED) is 0.758. The van der Waals surface area contributed by atoms with E-state index in [0.29, 0.717) is 11.8 Å². The Kier molecular flexibility index (Phi) is 5.52. The molecule has 0 aliphatic rings. The SMILES string of the molecule is COc1ccc2nc(N)n(CCCCCCSC)c2n1. The lowest BCUT2D eigenvalue weighted by molar-refractivity contribution is 0.399. The van der Waals surface area contributed by atoms with E-state index < -0.39 is 0 Å². The number of anilines is 1. The van der Waals surface area contributed by atoms with E-state index in [4.69, 9.17) is 10.5 Å². The molecule has 0 atom stereocenters. The molecule has 0 unspecified atom stereocenters. The van der Waals surface area contributed by atoms with Crippen LogP contribution in [0.5, 0.6) is 5.88 Å². The van der Waals surface area contributed by atoms with Gasteiger partial charge in [-0.1, -0.05) is 12.8 Å². The van der Waals surface area contributed by atoms with Crippen molar-refractivity contribution in [2.75, 3.05) is 24.9 Å². The number of aromatic nitrogens is 3. The molecule has 20 heavy (non-hydrogen) atoms. The fourth-order valence-electron chi connectivity index (χ4n) is 2.21. The Morgan fingerprint density at radius 1 is 1.20 bits per heavy atom. The molecule has 2 aromatic heterocycles. The van der Waals surface area contributed by atoms with Crippen molar-refractivity contribution in [3.8, 4) is 5.88 Å². The summed E-state index contributed by atoms with van der Waals surface area (Å²) in [7, 11) is 1.62. The van der Waals surface area contributed by atoms with Crippen molar-refractivity contribution in [2.45, 2.75) is 32.2 Å². The number of nitrogens with two attached hydrogens (primary N) is 1. The van der Waals surface area contributed by atoms with Crippen LogP contribution in [0.25, 0.3) is 11.2 Å². The summed E-state index contributed by atoms with van der Waals surface area (Å²) < 4.78 is 7.14. The van der Waals surface area contributed by atoms with Gasteiger partial charge in [-0.2, -0.15) is 16.7 Å². The van der Waals surface area contributed by atoms with E-state index >= 15 is 0 Å². The van der Waals surface area contributed by atoms with Crippen LogP contribution < -0.4 is 10.5 Å². The summed E-state index contributed by atoms with van der Waals surface area (Å²) in [5.74, 6) is 2.37. The van der Waals surface area contributed by atoms with Gasteiger partial charge in [0, 0.05) is 12.6 Å². The van der Waals surface area contributed by atoms with Crippen LogP contribution in [0.2, 0.25) is 0 Å². The van der Waals surface area contributed by atoms with Gasteiger partial charge in [0.1, 0.15) is 5.52 Å². The van der Waals surface area contributed by atoms with Crippen LogP contribution in [-0.4, -0.2) is 33.7 Å². The van der Waals surface area contributed by atoms with E-state index in [-0.39, 0.29) is 0 Å². The standard InChI is InChI=1S/C14H22N4OS/c1-19-12-8-7-11-13(17-12)18(14(15)16-11)9-5-3-4-6-10-20-2/h7-8H,3-6,9-10H2,1-2H3,(H2,15,16). The summed E-state index contributed by atoms with van der Waals surface area (Å²) in [5.41, 5.74) is 7.61. The number of hydrogen-bond donors (Lipinski definition) is 1. The predicted molar refractivity (Wildman–Crippen MR) is 85.3 cm³/mol. The zero-order chi connectivity index (χ0) is 14.4. The molecule has 0 aromatic carbocycles. The summed E-state index contributed by atoms with van der Waals surface area (Å²) in [6.07, 6.45) is 7.02. The second kappa shape index (κ2) is 7.38. The third kappa shape index (κ3) is 3.56. The van der Waals surface area contributed by atoms with E-state index in [1.54, 1.807) is 7.11 Å². The zero-order valence-corrected chi connectivity index (χ0v) is 12.9. The molecule has 0 bridgehead atoms. The highest BCUT2D eigenvalue weighted by atomic mass is 32.2. The molecule has 0 spiro atoms. The number of pyridine rings is 1. The third-order valence-corrected chi connectivity index (χ3v) is 3.98. The first-order valence-electron chi connectivity index (χ1n) is 6.92. The number of nitrogens with zero attached hydrogens (tertiary/aromatic N) is 3. The lowest BCUT2D eigenvalue weighted by Crippen LogP contribution is -2.04. The monoisotopic (exact) mass is 294 g/mol. The lowest BCUT2D eigenvalue weighted by atomic mass is 10.2. The van der Waals surface area contributed by atoms with Crippen molar-refractivity contribution in [2.24, 2.45) is 0 Å². The highest BCUT2D eigenvalue weighted by molar-refractivity contribution is 7.98. The van der Waals surface area contributed by atoms with Crippen molar-refractivity contribution in [3.63, 3.8) is 0 Å². The summed E-state index contributed by atoms with van der Waals surface area (Å²) >= 11 is 1.91. The van der Waals surface area contributed by atoms with Gasteiger partial charge in [-0.15, -0.1) is 0 Å². The largest absolute Gasteiger partial charge is 0.481 e. The maximum atomic E-state index is 5.97. The van der Waals surface area contributed by atoms with E-state index in [0.717, 1.165) is 24.1 Å². The number of methoxy groups -OCH3 is 1. The number of imidazole rings is 1. The van der Waals surface area contributed by atoms with Crippen molar-refractivity contribution in [1.82, 2.24) is 14.5 Å². The summed E-state index contributed by atoms with van der Waals surface area (Å²) in [6, 6.07) is 3.70. The molecule has 0 amide bonds. The zero-order valence-electron chi connectivity index (χ0n) is 12.1. The number of aryl methyl sites for hydroxylation is 1. The Labute approximate surface area is 123 Å². The third-order valence-electron chi connectivity index (χ3n) is 3.29. The number of thioether (sulfide) groups is 1. The molecule has 0 aliphatic heterocycles. The van der Waals surface area contributed by atoms with Crippen LogP contribution >= 0.6 is 11.8 Å². The van der Waals surface area contributed by atoms with E-state index in [1.807, 2.05) is 28.5 Å². The van der Waals surface area contributed by atoms with Crippen molar-refractivity contribution in [3.05, 3.63) is 12.1 Å². The van der Waals surface area contributed by atoms with Gasteiger partial charge in [-0.3, -0.25) is 4.57 Å². The summed E-state index contributed by atoms with van der Waals surface area (Å²) in [4.78, 5) is 8.77. The number of unbranched alkanes of at least 4 members (excludes halogenated alkanes) is 3. The number of ether oxygens (including phenoxy) is 1. The fourth-order valence-corrected chi connectivity index (χ4v) is 2.70. The van der Waals surface area contributed by atoms with Crippen LogP contribution in [0, 0.1) is 0 Å². The first-order valence-corrected chi connectivity index (χ1v) is 8.31. The molecule has 2 rings (SSSR count). The number of rotatable bonds is 8. The first kappa shape index (κ1) is 15.0. The molecule has 0 aliphatic carbocycles. The summed E-state index contributed by atoms with van der Waals surface area (Å²) in [6.45, 7) is 0.863. The van der Waals surface area contributed by atoms with Gasteiger partial charge in [0.05, 0.1) is 7.11 Å². The Morgan fingerprint density at radius 2 is 2.00 bits per heavy atom. The molecule has 6 heteroatoms. The minimum atomic E-state index is 0.532. The topological polar surface area (TPSA) is 66.0 Å². The minimum Gasteiger partial charge on any atom is -0.481 e. The van der Waals surface area contributed by atoms with Gasteiger partial charge < -0.3 is 10.5 Å². The molecule has 2 N–H and O–H groups in total. The van der Waals surface area contributed by atoms with Crippen molar-refractivity contribution >= 4 is 28.9 Å². The second-order valence-electron chi connectivity index (χ2n) is 4.72. The smallest absolute Gasteiger partial charge is 0.215 e. The molecular weight excluding hydrogens is 272 g/mol. The first-order chi connectivity index (χ1) is 9.76. The molecule has 0 saturated carbocycles. The van der Waals surface area contributed by atoms with Crippen LogP contribution in [-0.2, 0) is 6.54 Å². The maximum absolute atomic E-state index is 5.97. The average molecular weight is 294 g/mol. The van der Waals surface area contributed by atoms with Gasteiger partial charge in [-0.25, -0.2) is 4.98 Å². The lowest BCUT2D eigenvalue weighted by Gasteiger charge is -2.06. The van der Waals surface area contributed by atoms with Gasteiger partial charge >= 0.3 is 0 Å². The predicted octanol–water partition coefficient (Wildman–Crippen LogP) is 2.95. The van der Waals surface area contributed by atoms with E-state index in [9.17, 15) is 0 Å². The Bertz CT molecular complexity index is 555. The van der Waals surface area contributed by atoms with Crippen LogP contribution in [0.15, 0.2) is 12.1 Å². The van der Waals surface area contributed by atoms with Gasteiger partial charge in [0.2, 0.25) is 11.8 Å². The van der Waals surface area contributed by atoms with E-state index in [1.165, 1.54) is 25.0 Å². The van der Waals surface area contributed by atoms with Gasteiger partial charge in [-0.05, 0) is 30.9 Å². The molecule has 110 valence electrons. The molecule has 2 heterocycles. The van der Waals surface area contributed by atoms with Crippen molar-refractivity contribution < 1.29 is 4.74 Å². The Balaban J connectivity index is 1.99. The fraction of sp³-hybridized carbons (Fsp3) is 0.571. The minimum absolute atomic E-state index is 0.532. The van der Waals surface area contributed by atoms with Crippen LogP contribution in [0.1, 0.15) is 25.7 Å². The van der Waals surface area contributed by atoms with E-state index in [2.05, 4.69) is 16.2 Å². The highest BCUT2D eigenvalue weighted by Gasteiger charge is 2.10. The molecular formula is C14H22N4OS. The van der Waals surface area contributed by atoms with Gasteiger partial charge in [0.25, 0.3) is 0 Å². The van der Waals surface area contributed by atoms with Gasteiger partial charge in [0.15, 0.2) is 5.65 Å². The molecule has 0 radical (unpaired) electrons. The average Bonchev–Trinajstić information content (AvgIpc) is 2.77. The number of hydrogen-bond acceptors (Lipinski definition) is 5. The normalized spacial score (nSPS) is 11.1. The molecule has 0 fully saturated rings. The maximum Gasteiger partial charge on any atom is 0.215 e. The molecule has 5 nitrogen and oxygen atoms in total. The number of nitrogen functional groups attached to an aromatic ring is 1. The number of fused-ring (bicyclic) bond motifs is 1. The molecule has 0 saturated heterocycles. The Hall–Kier alpha value is -1.43. The Morgan fingerprint density at radius 3 is 2.75 bits per heavy atom. The van der Waals surface area contributed by atoms with Crippen LogP contribution in [0.4, 0.5) is 5.95 Å². The highest BCUT2D eigenvalue weighted by Crippen LogP contribution is 2.20. The second-order valence-corrected chi connectivity index (χ2v) is 5.71. The van der Waals surface area contributed by atoms with Crippen LogP contribution in [0.3, 0.4) is 0 Å². The summed E-state index contributed by atoms with van der Waals surface area (Å²) in [5, 5.41) is 0. The van der Waals surface area contributed by atoms with Crippen molar-refractivity contribution in [1.29, 1.82) is 0 Å².